The van der Waals surface area contributed by atoms with E-state index in [4.69, 9.17) is 4.74 Å². The van der Waals surface area contributed by atoms with Gasteiger partial charge >= 0.3 is 0 Å². The van der Waals surface area contributed by atoms with E-state index in [1.807, 2.05) is 20.8 Å². The molecule has 0 fully saturated rings. The Kier molecular flexibility index (Phi) is 6.37. The summed E-state index contributed by atoms with van der Waals surface area (Å²) >= 11 is 0. The zero-order chi connectivity index (χ0) is 22.3. The minimum absolute atomic E-state index is 0.116. The summed E-state index contributed by atoms with van der Waals surface area (Å²) in [6.45, 7) is 9.31. The Bertz CT molecular complexity index is 1140. The van der Waals surface area contributed by atoms with E-state index in [0.29, 0.717) is 11.1 Å². The van der Waals surface area contributed by atoms with E-state index in [1.54, 1.807) is 13.8 Å². The number of hydrogen-bond acceptors (Lipinski definition) is 5. The molecule has 0 saturated heterocycles. The summed E-state index contributed by atoms with van der Waals surface area (Å²) in [6, 6.07) is 4.17. The lowest BCUT2D eigenvalue weighted by atomic mass is 9.95. The third-order valence-corrected chi connectivity index (χ3v) is 8.86. The van der Waals surface area contributed by atoms with Gasteiger partial charge in [0.2, 0.25) is 10.0 Å². The summed E-state index contributed by atoms with van der Waals surface area (Å²) in [5, 5.41) is 0. The fraction of sp³-hybridized carbons (Fsp3) is 0.400. The summed E-state index contributed by atoms with van der Waals surface area (Å²) in [7, 11) is -3.60. The molecule has 160 valence electrons. The Hall–Kier alpha value is -2.10. The molecule has 0 bridgehead atoms. The maximum Gasteiger partial charge on any atom is 0.262 e. The van der Waals surface area contributed by atoms with Gasteiger partial charge in [-0.2, -0.15) is 0 Å². The van der Waals surface area contributed by atoms with Gasteiger partial charge in [-0.05, 0) is 80.6 Å². The van der Waals surface area contributed by atoms with Crippen LogP contribution in [0.15, 0.2) is 28.0 Å². The number of benzene rings is 2. The van der Waals surface area contributed by atoms with Crippen LogP contribution in [0.3, 0.4) is 0 Å². The van der Waals surface area contributed by atoms with Gasteiger partial charge in [-0.3, -0.25) is 4.72 Å². The second-order valence-electron chi connectivity index (χ2n) is 7.21. The number of hydrogen-bond donors (Lipinski definition) is 1. The molecule has 2 aromatic carbocycles. The molecule has 0 aromatic heterocycles. The highest BCUT2D eigenvalue weighted by Gasteiger charge is 2.26. The maximum absolute atomic E-state index is 13.2. The monoisotopic (exact) mass is 440 g/mol. The van der Waals surface area contributed by atoms with E-state index in [0.717, 1.165) is 21.0 Å². The molecule has 0 heterocycles. The van der Waals surface area contributed by atoms with Gasteiger partial charge < -0.3 is 4.74 Å². The van der Waals surface area contributed by atoms with Gasteiger partial charge in [0.05, 0.1) is 17.7 Å². The standard InChI is InChI=1S/C20H28N2O5S2/c1-12-13(2)15(4)20(16(5)14(12)3)28(23,24)21-17-9-10-18(27-8)19(11-17)29(25,26)22(6)7/h9-11,21H,1-8H3. The Balaban J connectivity index is 2.64. The van der Waals surface area contributed by atoms with Gasteiger partial charge in [0.25, 0.3) is 10.0 Å². The molecule has 7 nitrogen and oxygen atoms in total. The Labute approximate surface area is 173 Å². The van der Waals surface area contributed by atoms with Crippen LogP contribution in [0.2, 0.25) is 0 Å². The summed E-state index contributed by atoms with van der Waals surface area (Å²) < 4.78 is 60.3. The smallest absolute Gasteiger partial charge is 0.262 e. The van der Waals surface area contributed by atoms with Crippen molar-refractivity contribution >= 4 is 25.7 Å². The number of sulfonamides is 2. The number of ether oxygens (including phenoxy) is 1. The van der Waals surface area contributed by atoms with Gasteiger partial charge in [0.15, 0.2) is 0 Å². The third-order valence-electron chi connectivity index (χ3n) is 5.37. The number of anilines is 1. The van der Waals surface area contributed by atoms with E-state index in [-0.39, 0.29) is 21.2 Å². The van der Waals surface area contributed by atoms with Crippen LogP contribution in [0.5, 0.6) is 5.75 Å². The Morgan fingerprint density at radius 2 is 1.31 bits per heavy atom. The second-order valence-corrected chi connectivity index (χ2v) is 11.0. The summed E-state index contributed by atoms with van der Waals surface area (Å²) in [5.74, 6) is 0.135. The fourth-order valence-corrected chi connectivity index (χ4v) is 5.94. The summed E-state index contributed by atoms with van der Waals surface area (Å²) in [5.41, 5.74) is 4.38. The highest BCUT2D eigenvalue weighted by Crippen LogP contribution is 2.33. The lowest BCUT2D eigenvalue weighted by Gasteiger charge is -2.20. The van der Waals surface area contributed by atoms with E-state index in [9.17, 15) is 16.8 Å². The SMILES string of the molecule is COc1ccc(NS(=O)(=O)c2c(C)c(C)c(C)c(C)c2C)cc1S(=O)(=O)N(C)C. The molecule has 29 heavy (non-hydrogen) atoms. The molecule has 9 heteroatoms. The molecule has 0 atom stereocenters. The van der Waals surface area contributed by atoms with Crippen molar-refractivity contribution in [1.29, 1.82) is 0 Å². The van der Waals surface area contributed by atoms with Gasteiger partial charge in [0, 0.05) is 14.1 Å². The van der Waals surface area contributed by atoms with Gasteiger partial charge in [-0.25, -0.2) is 21.1 Å². The zero-order valence-electron chi connectivity index (χ0n) is 18.0. The van der Waals surface area contributed by atoms with E-state index in [1.165, 1.54) is 39.4 Å². The van der Waals surface area contributed by atoms with Crippen molar-refractivity contribution in [3.63, 3.8) is 0 Å². The molecule has 0 spiro atoms. The van der Waals surface area contributed by atoms with Crippen LogP contribution in [0.4, 0.5) is 5.69 Å². The summed E-state index contributed by atoms with van der Waals surface area (Å²) in [4.78, 5) is 0.0980. The largest absolute Gasteiger partial charge is 0.495 e. The number of nitrogens with zero attached hydrogens (tertiary/aromatic N) is 1. The average molecular weight is 441 g/mol. The molecule has 0 aliphatic heterocycles. The molecular weight excluding hydrogens is 412 g/mol. The van der Waals surface area contributed by atoms with Crippen LogP contribution < -0.4 is 9.46 Å². The van der Waals surface area contributed by atoms with Gasteiger partial charge in [-0.1, -0.05) is 0 Å². The molecule has 0 unspecified atom stereocenters. The summed E-state index contributed by atoms with van der Waals surface area (Å²) in [6.07, 6.45) is 0. The first-order valence-electron chi connectivity index (χ1n) is 8.96. The van der Waals surface area contributed by atoms with Crippen molar-refractivity contribution < 1.29 is 21.6 Å². The number of methoxy groups -OCH3 is 1. The van der Waals surface area contributed by atoms with Crippen molar-refractivity contribution in [1.82, 2.24) is 4.31 Å². The molecule has 0 saturated carbocycles. The first-order valence-corrected chi connectivity index (χ1v) is 11.9. The molecule has 0 aliphatic carbocycles. The van der Waals surface area contributed by atoms with Crippen LogP contribution in [-0.4, -0.2) is 42.3 Å². The number of rotatable bonds is 6. The molecule has 2 rings (SSSR count). The lowest BCUT2D eigenvalue weighted by molar-refractivity contribution is 0.400. The second kappa shape index (κ2) is 7.97. The number of nitrogens with one attached hydrogen (secondary N) is 1. The van der Waals surface area contributed by atoms with Crippen molar-refractivity contribution in [3.05, 3.63) is 46.0 Å². The predicted octanol–water partition coefficient (Wildman–Crippen LogP) is 3.29. The first kappa shape index (κ1) is 23.2. The quantitative estimate of drug-likeness (QED) is 0.744. The van der Waals surface area contributed by atoms with Crippen LogP contribution in [0.25, 0.3) is 0 Å². The molecule has 0 amide bonds. The van der Waals surface area contributed by atoms with Crippen molar-refractivity contribution in [2.45, 2.75) is 44.4 Å². The molecule has 0 radical (unpaired) electrons. The van der Waals surface area contributed by atoms with E-state index < -0.39 is 20.0 Å². The molecule has 0 aliphatic rings. The van der Waals surface area contributed by atoms with Gasteiger partial charge in [0.1, 0.15) is 10.6 Å². The third kappa shape index (κ3) is 4.12. The van der Waals surface area contributed by atoms with Crippen LogP contribution in [0.1, 0.15) is 27.8 Å². The van der Waals surface area contributed by atoms with Gasteiger partial charge in [-0.15, -0.1) is 0 Å². The maximum atomic E-state index is 13.2. The normalized spacial score (nSPS) is 12.3. The van der Waals surface area contributed by atoms with E-state index >= 15 is 0 Å². The zero-order valence-corrected chi connectivity index (χ0v) is 19.7. The predicted molar refractivity (Wildman–Crippen MR) is 115 cm³/mol. The van der Waals surface area contributed by atoms with Crippen molar-refractivity contribution in [2.24, 2.45) is 0 Å². The van der Waals surface area contributed by atoms with Crippen LogP contribution in [0, 0.1) is 34.6 Å². The highest BCUT2D eigenvalue weighted by molar-refractivity contribution is 7.92. The van der Waals surface area contributed by atoms with Crippen LogP contribution in [-0.2, 0) is 20.0 Å². The first-order chi connectivity index (χ1) is 13.3. The molecule has 2 aromatic rings. The fourth-order valence-electron chi connectivity index (χ4n) is 3.21. The average Bonchev–Trinajstić information content (AvgIpc) is 2.64. The topological polar surface area (TPSA) is 92.8 Å². The Morgan fingerprint density at radius 3 is 1.76 bits per heavy atom. The lowest BCUT2D eigenvalue weighted by Crippen LogP contribution is -2.23. The minimum Gasteiger partial charge on any atom is -0.495 e. The van der Waals surface area contributed by atoms with E-state index in [2.05, 4.69) is 4.72 Å². The Morgan fingerprint density at radius 1 is 0.828 bits per heavy atom. The highest BCUT2D eigenvalue weighted by atomic mass is 32.2. The molecular formula is C20H28N2O5S2. The van der Waals surface area contributed by atoms with Crippen LogP contribution >= 0.6 is 0 Å². The minimum atomic E-state index is -3.94. The van der Waals surface area contributed by atoms with Crippen molar-refractivity contribution in [2.75, 3.05) is 25.9 Å². The van der Waals surface area contributed by atoms with Crippen molar-refractivity contribution in [3.8, 4) is 5.75 Å². The molecule has 1 N–H and O–H groups in total.